The van der Waals surface area contributed by atoms with Crippen molar-refractivity contribution >= 4 is 27.8 Å². The number of rotatable bonds is 2. The van der Waals surface area contributed by atoms with Crippen LogP contribution in [-0.4, -0.2) is 23.8 Å². The van der Waals surface area contributed by atoms with E-state index in [1.54, 1.807) is 7.05 Å². The molecule has 21 heavy (non-hydrogen) atoms. The Kier molecular flexibility index (Phi) is 3.78. The van der Waals surface area contributed by atoms with Gasteiger partial charge in [-0.2, -0.15) is 0 Å². The van der Waals surface area contributed by atoms with Crippen molar-refractivity contribution in [1.29, 1.82) is 5.41 Å². The van der Waals surface area contributed by atoms with Crippen LogP contribution in [0.25, 0.3) is 0 Å². The third-order valence-electron chi connectivity index (χ3n) is 4.79. The van der Waals surface area contributed by atoms with E-state index in [9.17, 15) is 4.79 Å². The van der Waals surface area contributed by atoms with Gasteiger partial charge in [-0.1, -0.05) is 47.3 Å². The molecule has 0 aromatic heterocycles. The molecule has 2 N–H and O–H groups in total. The lowest BCUT2D eigenvalue weighted by atomic mass is 9.71. The minimum Gasteiger partial charge on any atom is -0.338 e. The summed E-state index contributed by atoms with van der Waals surface area (Å²) in [5.74, 6) is 0.446. The predicted molar refractivity (Wildman–Crippen MR) is 86.0 cm³/mol. The topological polar surface area (TPSA) is 56.2 Å². The molecule has 0 bridgehead atoms. The van der Waals surface area contributed by atoms with Gasteiger partial charge in [0.15, 0.2) is 5.96 Å². The minimum absolute atomic E-state index is 0.00231. The zero-order valence-corrected chi connectivity index (χ0v) is 13.7. The maximum Gasteiger partial charge on any atom is 0.259 e. The SMILES string of the molecule is CN1C(=N)NC(c2cccc(Br)c2)(C2CCCCC2)C1=O. The first-order chi connectivity index (χ1) is 10.1. The van der Waals surface area contributed by atoms with E-state index in [1.807, 2.05) is 24.3 Å². The Morgan fingerprint density at radius 1 is 1.33 bits per heavy atom. The van der Waals surface area contributed by atoms with Crippen molar-refractivity contribution in [1.82, 2.24) is 10.2 Å². The van der Waals surface area contributed by atoms with Crippen molar-refractivity contribution in [3.63, 3.8) is 0 Å². The van der Waals surface area contributed by atoms with E-state index in [2.05, 4.69) is 21.2 Å². The van der Waals surface area contributed by atoms with Crippen LogP contribution in [0.15, 0.2) is 28.7 Å². The standard InChI is InChI=1S/C16H20BrN3O/c1-20-14(21)16(19-15(20)18,11-6-3-2-4-7-11)12-8-5-9-13(17)10-12/h5,8-11H,2-4,6-7H2,1H3,(H2,18,19). The molecule has 0 spiro atoms. The number of hydrogen-bond acceptors (Lipinski definition) is 2. The van der Waals surface area contributed by atoms with Crippen molar-refractivity contribution in [3.05, 3.63) is 34.3 Å². The second kappa shape index (κ2) is 5.44. The number of hydrogen-bond donors (Lipinski definition) is 2. The van der Waals surface area contributed by atoms with Crippen LogP contribution >= 0.6 is 15.9 Å². The summed E-state index contributed by atoms with van der Waals surface area (Å²) < 4.78 is 0.964. The predicted octanol–water partition coefficient (Wildman–Crippen LogP) is 3.22. The van der Waals surface area contributed by atoms with E-state index in [4.69, 9.17) is 5.41 Å². The average molecular weight is 350 g/mol. The fourth-order valence-electron chi connectivity index (χ4n) is 3.67. The smallest absolute Gasteiger partial charge is 0.259 e. The van der Waals surface area contributed by atoms with Crippen LogP contribution in [0.2, 0.25) is 0 Å². The molecule has 2 aliphatic rings. The molecule has 1 aromatic carbocycles. The largest absolute Gasteiger partial charge is 0.338 e. The first-order valence-electron chi connectivity index (χ1n) is 7.46. The highest BCUT2D eigenvalue weighted by Gasteiger charge is 2.54. The first-order valence-corrected chi connectivity index (χ1v) is 8.26. The molecule has 2 fully saturated rings. The van der Waals surface area contributed by atoms with Crippen molar-refractivity contribution in [2.75, 3.05) is 7.05 Å². The quantitative estimate of drug-likeness (QED) is 0.861. The molecule has 1 aliphatic heterocycles. The van der Waals surface area contributed by atoms with Gasteiger partial charge in [0.2, 0.25) is 0 Å². The summed E-state index contributed by atoms with van der Waals surface area (Å²) in [7, 11) is 1.68. The normalized spacial score (nSPS) is 27.0. The van der Waals surface area contributed by atoms with Gasteiger partial charge < -0.3 is 5.32 Å². The molecule has 112 valence electrons. The Bertz CT molecular complexity index is 583. The lowest BCUT2D eigenvalue weighted by Gasteiger charge is -2.38. The molecule has 5 heteroatoms. The summed E-state index contributed by atoms with van der Waals surface area (Å²) >= 11 is 3.50. The van der Waals surface area contributed by atoms with E-state index in [-0.39, 0.29) is 17.8 Å². The first kappa shape index (κ1) is 14.6. The Hall–Kier alpha value is -1.36. The maximum absolute atomic E-state index is 13.0. The number of amides is 1. The highest BCUT2D eigenvalue weighted by molar-refractivity contribution is 9.10. The van der Waals surface area contributed by atoms with Gasteiger partial charge in [-0.05, 0) is 36.5 Å². The number of carbonyl (C=O) groups excluding carboxylic acids is 1. The van der Waals surface area contributed by atoms with Gasteiger partial charge in [-0.25, -0.2) is 0 Å². The summed E-state index contributed by atoms with van der Waals surface area (Å²) in [4.78, 5) is 14.4. The van der Waals surface area contributed by atoms with E-state index >= 15 is 0 Å². The summed E-state index contributed by atoms with van der Waals surface area (Å²) in [6.45, 7) is 0. The van der Waals surface area contributed by atoms with Crippen LogP contribution < -0.4 is 5.32 Å². The van der Waals surface area contributed by atoms with Gasteiger partial charge in [0.1, 0.15) is 5.54 Å². The Labute approximate surface area is 133 Å². The van der Waals surface area contributed by atoms with Crippen LogP contribution in [0, 0.1) is 11.3 Å². The molecule has 4 nitrogen and oxygen atoms in total. The van der Waals surface area contributed by atoms with Gasteiger partial charge in [0.25, 0.3) is 5.91 Å². The number of benzene rings is 1. The van der Waals surface area contributed by atoms with Crippen molar-refractivity contribution < 1.29 is 4.79 Å². The molecule has 1 atom stereocenters. The highest BCUT2D eigenvalue weighted by Crippen LogP contribution is 2.43. The average Bonchev–Trinajstić information content (AvgIpc) is 2.73. The van der Waals surface area contributed by atoms with Gasteiger partial charge in [-0.3, -0.25) is 15.1 Å². The number of carbonyl (C=O) groups is 1. The number of nitrogens with one attached hydrogen (secondary N) is 2. The molecular formula is C16H20BrN3O. The van der Waals surface area contributed by atoms with Gasteiger partial charge >= 0.3 is 0 Å². The van der Waals surface area contributed by atoms with Crippen LogP contribution in [0.3, 0.4) is 0 Å². The molecule has 1 saturated heterocycles. The zero-order chi connectivity index (χ0) is 15.0. The second-order valence-electron chi connectivity index (χ2n) is 5.99. The van der Waals surface area contributed by atoms with E-state index < -0.39 is 5.54 Å². The molecule has 1 amide bonds. The van der Waals surface area contributed by atoms with E-state index in [0.29, 0.717) is 0 Å². The third-order valence-corrected chi connectivity index (χ3v) is 5.28. The Balaban J connectivity index is 2.11. The number of likely N-dealkylation sites (N-methyl/N-ethyl adjacent to an activating group) is 1. The Morgan fingerprint density at radius 2 is 2.05 bits per heavy atom. The lowest BCUT2D eigenvalue weighted by Crippen LogP contribution is -2.50. The Morgan fingerprint density at radius 3 is 2.62 bits per heavy atom. The number of nitrogens with zero attached hydrogens (tertiary/aromatic N) is 1. The van der Waals surface area contributed by atoms with Crippen molar-refractivity contribution in [2.24, 2.45) is 5.92 Å². The van der Waals surface area contributed by atoms with E-state index in [0.717, 1.165) is 35.7 Å². The third kappa shape index (κ3) is 2.27. The van der Waals surface area contributed by atoms with Crippen LogP contribution in [0.1, 0.15) is 37.7 Å². The molecule has 1 saturated carbocycles. The van der Waals surface area contributed by atoms with E-state index in [1.165, 1.54) is 11.3 Å². The molecule has 1 aliphatic carbocycles. The molecule has 1 heterocycles. The number of halogens is 1. The lowest BCUT2D eigenvalue weighted by molar-refractivity contribution is -0.133. The summed E-state index contributed by atoms with van der Waals surface area (Å²) in [5.41, 5.74) is 0.193. The van der Waals surface area contributed by atoms with Crippen molar-refractivity contribution in [2.45, 2.75) is 37.6 Å². The fraction of sp³-hybridized carbons (Fsp3) is 0.500. The fourth-order valence-corrected chi connectivity index (χ4v) is 4.07. The molecule has 1 aromatic rings. The summed E-state index contributed by atoms with van der Waals surface area (Å²) in [6.07, 6.45) is 5.63. The zero-order valence-electron chi connectivity index (χ0n) is 12.2. The van der Waals surface area contributed by atoms with Gasteiger partial charge in [0.05, 0.1) is 0 Å². The second-order valence-corrected chi connectivity index (χ2v) is 6.91. The highest BCUT2D eigenvalue weighted by atomic mass is 79.9. The minimum atomic E-state index is -0.768. The molecule has 3 rings (SSSR count). The van der Waals surface area contributed by atoms with Crippen molar-refractivity contribution in [3.8, 4) is 0 Å². The van der Waals surface area contributed by atoms with Crippen LogP contribution in [0.4, 0.5) is 0 Å². The number of guanidine groups is 1. The molecular weight excluding hydrogens is 330 g/mol. The monoisotopic (exact) mass is 349 g/mol. The van der Waals surface area contributed by atoms with Gasteiger partial charge in [-0.15, -0.1) is 0 Å². The van der Waals surface area contributed by atoms with Crippen LogP contribution in [0.5, 0.6) is 0 Å². The summed E-state index contributed by atoms with van der Waals surface area (Å²) in [6, 6.07) is 7.93. The summed E-state index contributed by atoms with van der Waals surface area (Å²) in [5, 5.41) is 11.3. The molecule has 1 unspecified atom stereocenters. The maximum atomic E-state index is 13.0. The van der Waals surface area contributed by atoms with Crippen LogP contribution in [-0.2, 0) is 10.3 Å². The molecule has 0 radical (unpaired) electrons. The van der Waals surface area contributed by atoms with Gasteiger partial charge in [0, 0.05) is 11.5 Å².